The summed E-state index contributed by atoms with van der Waals surface area (Å²) in [6, 6.07) is 0. The van der Waals surface area contributed by atoms with Crippen LogP contribution in [0.15, 0.2) is 0 Å². The fourth-order valence-electron chi connectivity index (χ4n) is 1.84. The van der Waals surface area contributed by atoms with Gasteiger partial charge in [0, 0.05) is 19.7 Å². The molecule has 0 spiro atoms. The van der Waals surface area contributed by atoms with Crippen LogP contribution in [0.25, 0.3) is 0 Å². The summed E-state index contributed by atoms with van der Waals surface area (Å²) in [5.74, 6) is -0.0954. The monoisotopic (exact) mass is 235 g/mol. The van der Waals surface area contributed by atoms with Crippen molar-refractivity contribution in [2.45, 2.75) is 32.6 Å². The van der Waals surface area contributed by atoms with E-state index >= 15 is 0 Å². The van der Waals surface area contributed by atoms with E-state index in [1.54, 1.807) is 11.2 Å². The highest BCUT2D eigenvalue weighted by Gasteiger charge is 2.24. The van der Waals surface area contributed by atoms with Crippen molar-refractivity contribution in [3.05, 3.63) is 0 Å². The average molecular weight is 235 g/mol. The van der Waals surface area contributed by atoms with E-state index < -0.39 is 10.0 Å². The number of aliphatic hydroxyl groups is 1. The summed E-state index contributed by atoms with van der Waals surface area (Å²) < 4.78 is 25.4. The van der Waals surface area contributed by atoms with Crippen LogP contribution < -0.4 is 0 Å². The quantitative estimate of drug-likeness (QED) is 0.785. The second-order valence-corrected chi connectivity index (χ2v) is 6.39. The van der Waals surface area contributed by atoms with Crippen LogP contribution in [0.1, 0.15) is 32.6 Å². The molecule has 1 heterocycles. The van der Waals surface area contributed by atoms with Gasteiger partial charge in [-0.1, -0.05) is 19.8 Å². The summed E-state index contributed by atoms with van der Waals surface area (Å²) in [5, 5.41) is 8.87. The molecule has 0 bridgehead atoms. The van der Waals surface area contributed by atoms with Crippen LogP contribution in [0, 0.1) is 5.92 Å². The van der Waals surface area contributed by atoms with Crippen LogP contribution in [0.5, 0.6) is 0 Å². The molecule has 1 aliphatic rings. The van der Waals surface area contributed by atoms with E-state index in [1.807, 2.05) is 0 Å². The van der Waals surface area contributed by atoms with Gasteiger partial charge in [0.15, 0.2) is 0 Å². The van der Waals surface area contributed by atoms with Crippen LogP contribution in [-0.2, 0) is 10.0 Å². The van der Waals surface area contributed by atoms with Crippen molar-refractivity contribution in [2.75, 3.05) is 25.4 Å². The average Bonchev–Trinajstić information content (AvgIpc) is 2.45. The van der Waals surface area contributed by atoms with E-state index in [9.17, 15) is 8.42 Å². The maximum absolute atomic E-state index is 11.9. The molecule has 15 heavy (non-hydrogen) atoms. The number of nitrogens with zero attached hydrogens (tertiary/aromatic N) is 1. The third kappa shape index (κ3) is 4.09. The molecule has 0 radical (unpaired) electrons. The van der Waals surface area contributed by atoms with Gasteiger partial charge in [0.1, 0.15) is 0 Å². The second-order valence-electron chi connectivity index (χ2n) is 4.38. The van der Waals surface area contributed by atoms with Crippen LogP contribution in [0.3, 0.4) is 0 Å². The summed E-state index contributed by atoms with van der Waals surface area (Å²) in [7, 11) is -3.14. The lowest BCUT2D eigenvalue weighted by Crippen LogP contribution is -2.36. The predicted octanol–water partition coefficient (Wildman–Crippen LogP) is 0.821. The Hall–Kier alpha value is -0.130. The first-order valence-electron chi connectivity index (χ1n) is 5.65. The van der Waals surface area contributed by atoms with Crippen molar-refractivity contribution in [1.29, 1.82) is 0 Å². The van der Waals surface area contributed by atoms with Gasteiger partial charge in [-0.25, -0.2) is 12.7 Å². The number of hydrogen-bond acceptors (Lipinski definition) is 3. The largest absolute Gasteiger partial charge is 0.396 e. The van der Waals surface area contributed by atoms with Crippen molar-refractivity contribution >= 4 is 10.0 Å². The second kappa shape index (κ2) is 5.82. The van der Waals surface area contributed by atoms with Gasteiger partial charge >= 0.3 is 0 Å². The number of aliphatic hydroxyl groups excluding tert-OH is 1. The third-order valence-electron chi connectivity index (χ3n) is 2.77. The highest BCUT2D eigenvalue weighted by molar-refractivity contribution is 7.89. The van der Waals surface area contributed by atoms with Crippen molar-refractivity contribution < 1.29 is 13.5 Å². The number of hydrogen-bond donors (Lipinski definition) is 1. The molecule has 1 rings (SSSR count). The normalized spacial score (nSPS) is 22.3. The molecule has 0 saturated carbocycles. The van der Waals surface area contributed by atoms with E-state index in [2.05, 4.69) is 0 Å². The molecule has 1 N–H and O–H groups in total. The SMILES string of the molecule is CC(CO)CS(=O)(=O)N1CCCCCC1. The Morgan fingerprint density at radius 1 is 1.20 bits per heavy atom. The lowest BCUT2D eigenvalue weighted by Gasteiger charge is -2.21. The Morgan fingerprint density at radius 3 is 2.20 bits per heavy atom. The maximum Gasteiger partial charge on any atom is 0.214 e. The maximum atomic E-state index is 11.9. The lowest BCUT2D eigenvalue weighted by molar-refractivity contribution is 0.247. The minimum absolute atomic E-state index is 0.0624. The summed E-state index contributed by atoms with van der Waals surface area (Å²) in [6.45, 7) is 3.00. The third-order valence-corrected chi connectivity index (χ3v) is 4.91. The Balaban J connectivity index is 2.58. The molecule has 5 heteroatoms. The van der Waals surface area contributed by atoms with Gasteiger partial charge < -0.3 is 5.11 Å². The molecule has 1 aliphatic heterocycles. The highest BCUT2D eigenvalue weighted by Crippen LogP contribution is 2.15. The van der Waals surface area contributed by atoms with Gasteiger partial charge in [-0.05, 0) is 18.8 Å². The van der Waals surface area contributed by atoms with Crippen molar-refractivity contribution in [2.24, 2.45) is 5.92 Å². The summed E-state index contributed by atoms with van der Waals surface area (Å²) in [4.78, 5) is 0. The first kappa shape index (κ1) is 12.9. The van der Waals surface area contributed by atoms with Gasteiger partial charge in [-0.3, -0.25) is 0 Å². The molecule has 1 fully saturated rings. The first-order valence-corrected chi connectivity index (χ1v) is 7.26. The molecule has 0 aromatic carbocycles. The van der Waals surface area contributed by atoms with E-state index in [4.69, 9.17) is 5.11 Å². The smallest absolute Gasteiger partial charge is 0.214 e. The molecule has 0 aromatic heterocycles. The molecular weight excluding hydrogens is 214 g/mol. The Labute approximate surface area is 92.3 Å². The van der Waals surface area contributed by atoms with Gasteiger partial charge in [0.05, 0.1) is 5.75 Å². The van der Waals surface area contributed by atoms with Crippen LogP contribution in [0.4, 0.5) is 0 Å². The zero-order valence-corrected chi connectivity index (χ0v) is 10.2. The summed E-state index contributed by atoms with van der Waals surface area (Å²) in [6.07, 6.45) is 4.18. The van der Waals surface area contributed by atoms with Crippen molar-refractivity contribution in [3.63, 3.8) is 0 Å². The number of rotatable bonds is 4. The molecule has 0 aromatic rings. The molecule has 0 aliphatic carbocycles. The number of sulfonamides is 1. The van der Waals surface area contributed by atoms with Crippen LogP contribution in [-0.4, -0.2) is 43.3 Å². The van der Waals surface area contributed by atoms with E-state index in [-0.39, 0.29) is 18.3 Å². The topological polar surface area (TPSA) is 57.6 Å². The molecule has 1 unspecified atom stereocenters. The van der Waals surface area contributed by atoms with Crippen LogP contribution >= 0.6 is 0 Å². The molecule has 90 valence electrons. The minimum atomic E-state index is -3.14. The minimum Gasteiger partial charge on any atom is -0.396 e. The van der Waals surface area contributed by atoms with Gasteiger partial charge in [-0.2, -0.15) is 0 Å². The standard InChI is InChI=1S/C10H21NO3S/c1-10(8-12)9-15(13,14)11-6-4-2-3-5-7-11/h10,12H,2-9H2,1H3. The zero-order valence-electron chi connectivity index (χ0n) is 9.35. The van der Waals surface area contributed by atoms with E-state index in [0.717, 1.165) is 25.7 Å². The summed E-state index contributed by atoms with van der Waals surface area (Å²) in [5.41, 5.74) is 0. The molecule has 4 nitrogen and oxygen atoms in total. The fourth-order valence-corrected chi connectivity index (χ4v) is 3.69. The molecular formula is C10H21NO3S. The van der Waals surface area contributed by atoms with Crippen molar-refractivity contribution in [3.8, 4) is 0 Å². The van der Waals surface area contributed by atoms with E-state index in [0.29, 0.717) is 13.1 Å². The zero-order chi connectivity index (χ0) is 11.3. The lowest BCUT2D eigenvalue weighted by atomic mass is 10.2. The van der Waals surface area contributed by atoms with E-state index in [1.165, 1.54) is 0 Å². The molecule has 0 amide bonds. The van der Waals surface area contributed by atoms with Crippen molar-refractivity contribution in [1.82, 2.24) is 4.31 Å². The fraction of sp³-hybridized carbons (Fsp3) is 1.00. The molecule has 1 atom stereocenters. The highest BCUT2D eigenvalue weighted by atomic mass is 32.2. The Bertz CT molecular complexity index is 268. The predicted molar refractivity (Wildman–Crippen MR) is 60.1 cm³/mol. The van der Waals surface area contributed by atoms with Gasteiger partial charge in [0.2, 0.25) is 10.0 Å². The van der Waals surface area contributed by atoms with Crippen LogP contribution in [0.2, 0.25) is 0 Å². The summed E-state index contributed by atoms with van der Waals surface area (Å²) >= 11 is 0. The molecule has 1 saturated heterocycles. The van der Waals surface area contributed by atoms with Gasteiger partial charge in [-0.15, -0.1) is 0 Å². The Kier molecular flexibility index (Phi) is 5.02. The van der Waals surface area contributed by atoms with Gasteiger partial charge in [0.25, 0.3) is 0 Å². The first-order chi connectivity index (χ1) is 7.06. The Morgan fingerprint density at radius 2 is 1.73 bits per heavy atom.